The molecule has 6 heteroatoms. The highest BCUT2D eigenvalue weighted by molar-refractivity contribution is 7.80. The van der Waals surface area contributed by atoms with Crippen molar-refractivity contribution < 1.29 is 14.6 Å². The molecule has 0 aliphatic rings. The number of rotatable bonds is 4. The zero-order valence-corrected chi connectivity index (χ0v) is 12.8. The minimum atomic E-state index is -0.381. The molecule has 5 nitrogen and oxygen atoms in total. The molecule has 114 valence electrons. The van der Waals surface area contributed by atoms with Gasteiger partial charge in [0, 0.05) is 0 Å². The van der Waals surface area contributed by atoms with E-state index in [9.17, 15) is 9.90 Å². The summed E-state index contributed by atoms with van der Waals surface area (Å²) in [6.45, 7) is 1.82. The number of para-hydroxylation sites is 2. The lowest BCUT2D eigenvalue weighted by Crippen LogP contribution is -2.37. The molecule has 0 saturated heterocycles. The van der Waals surface area contributed by atoms with E-state index < -0.39 is 0 Å². The van der Waals surface area contributed by atoms with E-state index in [4.69, 9.17) is 17.0 Å². The summed E-state index contributed by atoms with van der Waals surface area (Å²) in [5, 5.41) is 14.9. The quantitative estimate of drug-likeness (QED) is 0.597. The van der Waals surface area contributed by atoms with Gasteiger partial charge in [-0.05, 0) is 43.4 Å². The van der Waals surface area contributed by atoms with Crippen LogP contribution < -0.4 is 15.4 Å². The van der Waals surface area contributed by atoms with Crippen molar-refractivity contribution in [3.05, 3.63) is 54.1 Å². The van der Waals surface area contributed by atoms with Crippen LogP contribution in [0.15, 0.2) is 48.5 Å². The van der Waals surface area contributed by atoms with E-state index in [1.807, 2.05) is 19.1 Å². The number of thiocarbonyl (C=S) groups is 1. The molecular formula is C16H16N2O3S. The topological polar surface area (TPSA) is 70.6 Å². The fourth-order valence-corrected chi connectivity index (χ4v) is 1.90. The second-order valence-corrected chi connectivity index (χ2v) is 5.03. The molecule has 0 heterocycles. The van der Waals surface area contributed by atoms with Crippen LogP contribution >= 0.6 is 12.2 Å². The lowest BCUT2D eigenvalue weighted by Gasteiger charge is -2.11. The van der Waals surface area contributed by atoms with Gasteiger partial charge in [-0.15, -0.1) is 0 Å². The first kappa shape index (κ1) is 15.8. The standard InChI is InChI=1S/C16H16N2O3S/c1-11-6-8-12(9-7-11)21-10-15(20)18-16(22)17-13-4-2-3-5-14(13)19/h2-9,19H,10H2,1H3,(H2,17,18,20,22). The van der Waals surface area contributed by atoms with Crippen LogP contribution in [0.1, 0.15) is 5.56 Å². The molecule has 2 aromatic carbocycles. The van der Waals surface area contributed by atoms with Gasteiger partial charge in [0.15, 0.2) is 11.7 Å². The van der Waals surface area contributed by atoms with Crippen molar-refractivity contribution in [3.63, 3.8) is 0 Å². The summed E-state index contributed by atoms with van der Waals surface area (Å²) in [6.07, 6.45) is 0. The number of aryl methyl sites for hydroxylation is 1. The highest BCUT2D eigenvalue weighted by atomic mass is 32.1. The van der Waals surface area contributed by atoms with Crippen LogP contribution in [-0.4, -0.2) is 22.7 Å². The van der Waals surface area contributed by atoms with Crippen molar-refractivity contribution in [2.24, 2.45) is 0 Å². The van der Waals surface area contributed by atoms with Gasteiger partial charge in [0.2, 0.25) is 0 Å². The van der Waals surface area contributed by atoms with E-state index in [1.165, 1.54) is 6.07 Å². The molecule has 0 aliphatic heterocycles. The molecule has 0 fully saturated rings. The summed E-state index contributed by atoms with van der Waals surface area (Å²) in [7, 11) is 0. The molecule has 0 radical (unpaired) electrons. The molecule has 2 aromatic rings. The Morgan fingerprint density at radius 3 is 2.55 bits per heavy atom. The number of nitrogens with one attached hydrogen (secondary N) is 2. The van der Waals surface area contributed by atoms with Gasteiger partial charge in [-0.3, -0.25) is 10.1 Å². The first-order valence-corrected chi connectivity index (χ1v) is 7.04. The Balaban J connectivity index is 1.80. The third kappa shape index (κ3) is 4.75. The van der Waals surface area contributed by atoms with E-state index in [0.29, 0.717) is 11.4 Å². The number of phenols is 1. The summed E-state index contributed by atoms with van der Waals surface area (Å²) in [6, 6.07) is 14.0. The third-order valence-corrected chi connectivity index (χ3v) is 3.00. The molecule has 0 aliphatic carbocycles. The average molecular weight is 316 g/mol. The number of aromatic hydroxyl groups is 1. The number of anilines is 1. The van der Waals surface area contributed by atoms with Gasteiger partial charge in [-0.1, -0.05) is 29.8 Å². The number of carbonyl (C=O) groups is 1. The summed E-state index contributed by atoms with van der Waals surface area (Å²) >= 11 is 5.01. The minimum Gasteiger partial charge on any atom is -0.506 e. The van der Waals surface area contributed by atoms with Crippen LogP contribution in [0, 0.1) is 6.92 Å². The van der Waals surface area contributed by atoms with Crippen LogP contribution in [0.2, 0.25) is 0 Å². The molecule has 0 saturated carbocycles. The predicted molar refractivity (Wildman–Crippen MR) is 89.1 cm³/mol. The first-order chi connectivity index (χ1) is 10.5. The Morgan fingerprint density at radius 1 is 1.18 bits per heavy atom. The summed E-state index contributed by atoms with van der Waals surface area (Å²) < 4.78 is 5.35. The summed E-state index contributed by atoms with van der Waals surface area (Å²) in [5.74, 6) is 0.281. The molecular weight excluding hydrogens is 300 g/mol. The predicted octanol–water partition coefficient (Wildman–Crippen LogP) is 2.59. The van der Waals surface area contributed by atoms with Gasteiger partial charge in [0.1, 0.15) is 11.5 Å². The second kappa shape index (κ2) is 7.42. The zero-order chi connectivity index (χ0) is 15.9. The Hall–Kier alpha value is -2.60. The molecule has 2 rings (SSSR count). The Morgan fingerprint density at radius 2 is 1.86 bits per heavy atom. The molecule has 0 unspecified atom stereocenters. The largest absolute Gasteiger partial charge is 0.506 e. The Bertz CT molecular complexity index is 671. The van der Waals surface area contributed by atoms with Crippen LogP contribution in [0.3, 0.4) is 0 Å². The second-order valence-electron chi connectivity index (χ2n) is 4.62. The van der Waals surface area contributed by atoms with Crippen molar-refractivity contribution in [2.45, 2.75) is 6.92 Å². The molecule has 0 bridgehead atoms. The molecule has 0 spiro atoms. The SMILES string of the molecule is Cc1ccc(OCC(=O)NC(=S)Nc2ccccc2O)cc1. The molecule has 3 N–H and O–H groups in total. The smallest absolute Gasteiger partial charge is 0.264 e. The number of amides is 1. The van der Waals surface area contributed by atoms with Crippen LogP contribution in [-0.2, 0) is 4.79 Å². The number of carbonyl (C=O) groups excluding carboxylic acids is 1. The lowest BCUT2D eigenvalue weighted by atomic mass is 10.2. The van der Waals surface area contributed by atoms with Crippen molar-refractivity contribution >= 4 is 28.9 Å². The van der Waals surface area contributed by atoms with Crippen molar-refractivity contribution in [1.29, 1.82) is 0 Å². The zero-order valence-electron chi connectivity index (χ0n) is 12.0. The third-order valence-electron chi connectivity index (χ3n) is 2.80. The monoisotopic (exact) mass is 316 g/mol. The molecule has 0 atom stereocenters. The number of phenolic OH excluding ortho intramolecular Hbond substituents is 1. The number of hydrogen-bond donors (Lipinski definition) is 3. The Kier molecular flexibility index (Phi) is 5.32. The number of ether oxygens (including phenoxy) is 1. The van der Waals surface area contributed by atoms with Crippen LogP contribution in [0.5, 0.6) is 11.5 Å². The van der Waals surface area contributed by atoms with Gasteiger partial charge in [0.25, 0.3) is 5.91 Å². The lowest BCUT2D eigenvalue weighted by molar-refractivity contribution is -0.121. The van der Waals surface area contributed by atoms with Crippen LogP contribution in [0.4, 0.5) is 5.69 Å². The maximum absolute atomic E-state index is 11.7. The number of benzene rings is 2. The van der Waals surface area contributed by atoms with E-state index in [0.717, 1.165) is 5.56 Å². The van der Waals surface area contributed by atoms with Crippen molar-refractivity contribution in [3.8, 4) is 11.5 Å². The summed E-state index contributed by atoms with van der Waals surface area (Å²) in [5.41, 5.74) is 1.54. The van der Waals surface area contributed by atoms with Crippen molar-refractivity contribution in [1.82, 2.24) is 5.32 Å². The average Bonchev–Trinajstić information content (AvgIpc) is 2.49. The molecule has 0 aromatic heterocycles. The minimum absolute atomic E-state index is 0.0509. The fraction of sp³-hybridized carbons (Fsp3) is 0.125. The number of hydrogen-bond acceptors (Lipinski definition) is 4. The van der Waals surface area contributed by atoms with E-state index >= 15 is 0 Å². The highest BCUT2D eigenvalue weighted by Gasteiger charge is 2.07. The van der Waals surface area contributed by atoms with E-state index in [-0.39, 0.29) is 23.4 Å². The highest BCUT2D eigenvalue weighted by Crippen LogP contribution is 2.21. The Labute approximate surface area is 133 Å². The van der Waals surface area contributed by atoms with Gasteiger partial charge >= 0.3 is 0 Å². The fourth-order valence-electron chi connectivity index (χ4n) is 1.68. The first-order valence-electron chi connectivity index (χ1n) is 6.63. The normalized spacial score (nSPS) is 9.86. The van der Waals surface area contributed by atoms with Gasteiger partial charge in [-0.2, -0.15) is 0 Å². The molecule has 22 heavy (non-hydrogen) atoms. The van der Waals surface area contributed by atoms with Gasteiger partial charge in [0.05, 0.1) is 5.69 Å². The van der Waals surface area contributed by atoms with E-state index in [1.54, 1.807) is 30.3 Å². The van der Waals surface area contributed by atoms with Crippen molar-refractivity contribution in [2.75, 3.05) is 11.9 Å². The molecule has 1 amide bonds. The summed E-state index contributed by atoms with van der Waals surface area (Å²) in [4.78, 5) is 11.7. The van der Waals surface area contributed by atoms with Crippen LogP contribution in [0.25, 0.3) is 0 Å². The maximum Gasteiger partial charge on any atom is 0.264 e. The van der Waals surface area contributed by atoms with Gasteiger partial charge in [-0.25, -0.2) is 0 Å². The maximum atomic E-state index is 11.7. The van der Waals surface area contributed by atoms with Gasteiger partial charge < -0.3 is 15.2 Å². The van der Waals surface area contributed by atoms with E-state index in [2.05, 4.69) is 10.6 Å².